The van der Waals surface area contributed by atoms with Crippen LogP contribution in [0.5, 0.6) is 5.06 Å². The Kier molecular flexibility index (Phi) is 4.56. The number of nitrogens with one attached hydrogen (secondary N) is 3. The Morgan fingerprint density at radius 2 is 2.17 bits per heavy atom. The highest BCUT2D eigenvalue weighted by Gasteiger charge is 2.25. The topological polar surface area (TPSA) is 107 Å². The number of aromatic amines is 1. The quantitative estimate of drug-likeness (QED) is 0.618. The van der Waals surface area contributed by atoms with E-state index >= 15 is 0 Å². The largest absolute Gasteiger partial charge is 0.499 e. The lowest BCUT2D eigenvalue weighted by atomic mass is 10.0. The molecule has 3 rings (SSSR count). The highest BCUT2D eigenvalue weighted by atomic mass is 32.1. The van der Waals surface area contributed by atoms with Gasteiger partial charge in [0.05, 0.1) is 5.71 Å². The van der Waals surface area contributed by atoms with E-state index in [4.69, 9.17) is 0 Å². The van der Waals surface area contributed by atoms with Gasteiger partial charge in [0.2, 0.25) is 0 Å². The number of benzene rings is 1. The predicted octanol–water partition coefficient (Wildman–Crippen LogP) is 1.02. The normalized spacial score (nSPS) is 21.2. The molecule has 4 N–H and O–H groups in total. The summed E-state index contributed by atoms with van der Waals surface area (Å²) in [6.07, 6.45) is 0.191. The second kappa shape index (κ2) is 6.63. The van der Waals surface area contributed by atoms with E-state index in [1.165, 1.54) is 12.1 Å². The Morgan fingerprint density at radius 1 is 1.38 bits per heavy atom. The lowest BCUT2D eigenvalue weighted by Crippen LogP contribution is -2.31. The maximum absolute atomic E-state index is 13.3. The fourth-order valence-electron chi connectivity index (χ4n) is 2.60. The molecule has 0 aliphatic carbocycles. The van der Waals surface area contributed by atoms with Gasteiger partial charge in [-0.15, -0.1) is 0 Å². The lowest BCUT2D eigenvalue weighted by molar-refractivity contribution is 0.487. The van der Waals surface area contributed by atoms with Gasteiger partial charge in [0.1, 0.15) is 17.5 Å². The Bertz CT molecular complexity index is 908. The Balaban J connectivity index is 1.81. The number of aromatic nitrogens is 1. The molecule has 2 heterocycles. The average molecular weight is 350 g/mol. The standard InChI is InChI=1S/C15H15FN4O3S/c1-7(12-13(21)18-15(23)24-14(12)22)17-11-6-10(19-20-11)8-3-2-4-9(16)5-8/h2-5,10-11,19-20,22H,6H2,1H3,(H,18,21,23)/b17-7+. The molecule has 24 heavy (non-hydrogen) atoms. The highest BCUT2D eigenvalue weighted by molar-refractivity contribution is 7.11. The van der Waals surface area contributed by atoms with Crippen LogP contribution in [0, 0.1) is 5.82 Å². The summed E-state index contributed by atoms with van der Waals surface area (Å²) in [6.45, 7) is 1.58. The number of rotatable bonds is 3. The lowest BCUT2D eigenvalue weighted by Gasteiger charge is -2.09. The molecule has 1 aliphatic heterocycles. The summed E-state index contributed by atoms with van der Waals surface area (Å²) in [6, 6.07) is 6.15. The van der Waals surface area contributed by atoms with Gasteiger partial charge in [-0.1, -0.05) is 12.1 Å². The molecule has 0 radical (unpaired) electrons. The highest BCUT2D eigenvalue weighted by Crippen LogP contribution is 2.24. The summed E-state index contributed by atoms with van der Waals surface area (Å²) >= 11 is 0.544. The molecule has 0 amide bonds. The minimum Gasteiger partial charge on any atom is -0.499 e. The first-order valence-corrected chi connectivity index (χ1v) is 8.03. The zero-order valence-corrected chi connectivity index (χ0v) is 13.5. The summed E-state index contributed by atoms with van der Waals surface area (Å²) < 4.78 is 13.3. The third-order valence-electron chi connectivity index (χ3n) is 3.69. The summed E-state index contributed by atoms with van der Waals surface area (Å²) in [5.41, 5.74) is 6.39. The van der Waals surface area contributed by atoms with E-state index in [2.05, 4.69) is 20.8 Å². The van der Waals surface area contributed by atoms with E-state index in [-0.39, 0.29) is 28.7 Å². The average Bonchev–Trinajstić information content (AvgIpc) is 2.94. The second-order valence-corrected chi connectivity index (χ2v) is 6.35. The summed E-state index contributed by atoms with van der Waals surface area (Å²) in [4.78, 5) is 28.9. The van der Waals surface area contributed by atoms with Gasteiger partial charge in [0.25, 0.3) is 5.56 Å². The third-order valence-corrected chi connectivity index (χ3v) is 4.38. The minimum atomic E-state index is -0.676. The van der Waals surface area contributed by atoms with Crippen molar-refractivity contribution in [1.29, 1.82) is 0 Å². The molecule has 0 spiro atoms. The van der Waals surface area contributed by atoms with E-state index < -0.39 is 10.4 Å². The second-order valence-electron chi connectivity index (χ2n) is 5.39. The van der Waals surface area contributed by atoms with E-state index in [1.807, 2.05) is 6.07 Å². The SMILES string of the molecule is C/C(=N\C1CC(c2cccc(F)c2)NN1)c1c(O)sc(=O)[nH]c1=O. The van der Waals surface area contributed by atoms with Crippen molar-refractivity contribution in [2.24, 2.45) is 4.99 Å². The first-order chi connectivity index (χ1) is 11.4. The van der Waals surface area contributed by atoms with Crippen molar-refractivity contribution in [3.05, 3.63) is 61.2 Å². The summed E-state index contributed by atoms with van der Waals surface area (Å²) in [7, 11) is 0. The van der Waals surface area contributed by atoms with Gasteiger partial charge in [-0.3, -0.25) is 19.6 Å². The number of hydrazine groups is 1. The third kappa shape index (κ3) is 3.42. The molecule has 2 aromatic rings. The van der Waals surface area contributed by atoms with Crippen LogP contribution in [-0.2, 0) is 0 Å². The van der Waals surface area contributed by atoms with Gasteiger partial charge in [-0.25, -0.2) is 15.2 Å². The van der Waals surface area contributed by atoms with Crippen LogP contribution in [0.3, 0.4) is 0 Å². The molecule has 9 heteroatoms. The molecular formula is C15H15FN4O3S. The maximum atomic E-state index is 13.3. The van der Waals surface area contributed by atoms with Gasteiger partial charge < -0.3 is 5.11 Å². The van der Waals surface area contributed by atoms with Gasteiger partial charge in [-0.05, 0) is 36.0 Å². The molecule has 1 aromatic heterocycles. The number of aliphatic imine (C=N–C) groups is 1. The molecule has 2 atom stereocenters. The molecule has 0 bridgehead atoms. The van der Waals surface area contributed by atoms with Crippen LogP contribution in [0.1, 0.15) is 30.5 Å². The number of halogens is 1. The molecule has 126 valence electrons. The van der Waals surface area contributed by atoms with Crippen molar-refractivity contribution in [1.82, 2.24) is 15.8 Å². The van der Waals surface area contributed by atoms with Crippen LogP contribution in [-0.4, -0.2) is 22.0 Å². The first kappa shape index (κ1) is 16.5. The Labute approximate surface area is 139 Å². The number of aromatic hydroxyl groups is 1. The van der Waals surface area contributed by atoms with Crippen molar-refractivity contribution in [2.45, 2.75) is 25.6 Å². The van der Waals surface area contributed by atoms with Crippen LogP contribution < -0.4 is 21.3 Å². The molecule has 1 aliphatic rings. The van der Waals surface area contributed by atoms with E-state index in [9.17, 15) is 19.1 Å². The summed E-state index contributed by atoms with van der Waals surface area (Å²) in [5, 5.41) is 9.45. The van der Waals surface area contributed by atoms with Crippen molar-refractivity contribution < 1.29 is 9.50 Å². The van der Waals surface area contributed by atoms with Crippen molar-refractivity contribution in [2.75, 3.05) is 0 Å². The van der Waals surface area contributed by atoms with Crippen molar-refractivity contribution in [3.8, 4) is 5.06 Å². The molecule has 7 nitrogen and oxygen atoms in total. The number of hydrogen-bond donors (Lipinski definition) is 4. The molecule has 0 saturated carbocycles. The van der Waals surface area contributed by atoms with E-state index in [0.717, 1.165) is 5.56 Å². The van der Waals surface area contributed by atoms with Gasteiger partial charge in [-0.2, -0.15) is 0 Å². The van der Waals surface area contributed by atoms with Crippen LogP contribution in [0.25, 0.3) is 0 Å². The van der Waals surface area contributed by atoms with Crippen LogP contribution in [0.4, 0.5) is 4.39 Å². The zero-order valence-electron chi connectivity index (χ0n) is 12.7. The molecule has 1 aromatic carbocycles. The molecule has 1 saturated heterocycles. The van der Waals surface area contributed by atoms with Crippen molar-refractivity contribution >= 4 is 17.0 Å². The van der Waals surface area contributed by atoms with Gasteiger partial charge in [0.15, 0.2) is 5.06 Å². The van der Waals surface area contributed by atoms with Crippen LogP contribution in [0.2, 0.25) is 0 Å². The van der Waals surface area contributed by atoms with Crippen LogP contribution in [0.15, 0.2) is 38.8 Å². The Hall–Kier alpha value is -2.36. The predicted molar refractivity (Wildman–Crippen MR) is 88.9 cm³/mol. The van der Waals surface area contributed by atoms with E-state index in [1.54, 1.807) is 13.0 Å². The minimum absolute atomic E-state index is 0.0180. The number of H-pyrrole nitrogens is 1. The van der Waals surface area contributed by atoms with E-state index in [0.29, 0.717) is 23.5 Å². The van der Waals surface area contributed by atoms with Crippen LogP contribution >= 0.6 is 11.3 Å². The van der Waals surface area contributed by atoms with Gasteiger partial charge >= 0.3 is 4.87 Å². The molecule has 1 fully saturated rings. The fourth-order valence-corrected chi connectivity index (χ4v) is 3.26. The zero-order chi connectivity index (χ0) is 17.3. The fraction of sp³-hybridized carbons (Fsp3) is 0.267. The van der Waals surface area contributed by atoms with Gasteiger partial charge in [0, 0.05) is 12.5 Å². The molecular weight excluding hydrogens is 335 g/mol. The monoisotopic (exact) mass is 350 g/mol. The Morgan fingerprint density at radius 3 is 2.88 bits per heavy atom. The number of hydrogen-bond acceptors (Lipinski definition) is 7. The first-order valence-electron chi connectivity index (χ1n) is 7.21. The molecule has 2 unspecified atom stereocenters. The van der Waals surface area contributed by atoms with Crippen molar-refractivity contribution in [3.63, 3.8) is 0 Å². The number of nitrogens with zero attached hydrogens (tertiary/aromatic N) is 1. The maximum Gasteiger partial charge on any atom is 0.310 e. The summed E-state index contributed by atoms with van der Waals surface area (Å²) in [5.74, 6) is -0.312. The smallest absolute Gasteiger partial charge is 0.310 e.